The van der Waals surface area contributed by atoms with E-state index in [4.69, 9.17) is 10.5 Å². The van der Waals surface area contributed by atoms with E-state index < -0.39 is 11.9 Å². The van der Waals surface area contributed by atoms with Gasteiger partial charge in [0.05, 0.1) is 18.0 Å². The molecule has 5 nitrogen and oxygen atoms in total. The first-order valence-corrected chi connectivity index (χ1v) is 6.63. The number of nitrogens with one attached hydrogen (secondary N) is 2. The number of rotatable bonds is 6. The Morgan fingerprint density at radius 3 is 2.60 bits per heavy atom. The van der Waals surface area contributed by atoms with E-state index in [1.165, 1.54) is 12.1 Å². The highest BCUT2D eigenvalue weighted by molar-refractivity contribution is 5.85. The van der Waals surface area contributed by atoms with Crippen LogP contribution in [0.1, 0.15) is 27.7 Å². The van der Waals surface area contributed by atoms with Crippen molar-refractivity contribution in [3.8, 4) is 5.75 Å². The van der Waals surface area contributed by atoms with Crippen LogP contribution in [0.2, 0.25) is 0 Å². The molecule has 0 heterocycles. The lowest BCUT2D eigenvalue weighted by Crippen LogP contribution is -2.41. The van der Waals surface area contributed by atoms with Crippen molar-refractivity contribution in [2.45, 2.75) is 39.8 Å². The number of carbonyl (C=O) groups is 1. The molecular weight excluding hydrogens is 261 g/mol. The number of halogens is 1. The number of nitrogens with two attached hydrogens (primary N) is 1. The molecular formula is C14H22FN3O2. The van der Waals surface area contributed by atoms with Gasteiger partial charge in [0.15, 0.2) is 11.6 Å². The van der Waals surface area contributed by atoms with Gasteiger partial charge in [-0.15, -0.1) is 0 Å². The Hall–Kier alpha value is -1.98. The second-order valence-corrected chi connectivity index (χ2v) is 4.83. The standard InChI is InChI=1S/C14H22FN3O2/c1-5-20-13-7-12(11(16)6-10(13)15)18-9(4)14(19)17-8(2)3/h6-9,18H,5,16H2,1-4H3,(H,17,19). The third-order valence-corrected chi connectivity index (χ3v) is 2.60. The van der Waals surface area contributed by atoms with Crippen LogP contribution in [0.3, 0.4) is 0 Å². The van der Waals surface area contributed by atoms with E-state index in [-0.39, 0.29) is 23.4 Å². The predicted octanol–water partition coefficient (Wildman–Crippen LogP) is 2.13. The van der Waals surface area contributed by atoms with Crippen molar-refractivity contribution >= 4 is 17.3 Å². The number of carbonyl (C=O) groups excluding carboxylic acids is 1. The van der Waals surface area contributed by atoms with Gasteiger partial charge in [-0.1, -0.05) is 0 Å². The molecule has 4 N–H and O–H groups in total. The first-order valence-electron chi connectivity index (χ1n) is 6.63. The maximum absolute atomic E-state index is 13.6. The predicted molar refractivity (Wildman–Crippen MR) is 78.3 cm³/mol. The van der Waals surface area contributed by atoms with Crippen LogP contribution >= 0.6 is 0 Å². The summed E-state index contributed by atoms with van der Waals surface area (Å²) in [7, 11) is 0. The van der Waals surface area contributed by atoms with Crippen LogP contribution in [0.4, 0.5) is 15.8 Å². The van der Waals surface area contributed by atoms with E-state index in [9.17, 15) is 9.18 Å². The Labute approximate surface area is 118 Å². The number of amides is 1. The molecule has 1 unspecified atom stereocenters. The summed E-state index contributed by atoms with van der Waals surface area (Å²) in [6.07, 6.45) is 0. The van der Waals surface area contributed by atoms with Gasteiger partial charge >= 0.3 is 0 Å². The van der Waals surface area contributed by atoms with Gasteiger partial charge in [-0.3, -0.25) is 4.79 Å². The van der Waals surface area contributed by atoms with Gasteiger partial charge in [0, 0.05) is 18.2 Å². The minimum atomic E-state index is -0.519. The summed E-state index contributed by atoms with van der Waals surface area (Å²) >= 11 is 0. The van der Waals surface area contributed by atoms with Crippen molar-refractivity contribution in [3.63, 3.8) is 0 Å². The van der Waals surface area contributed by atoms with Gasteiger partial charge in [-0.05, 0) is 27.7 Å². The van der Waals surface area contributed by atoms with Crippen molar-refractivity contribution in [2.75, 3.05) is 17.7 Å². The molecule has 0 saturated heterocycles. The molecule has 0 spiro atoms. The summed E-state index contributed by atoms with van der Waals surface area (Å²) in [6, 6.07) is 2.21. The van der Waals surface area contributed by atoms with Crippen molar-refractivity contribution < 1.29 is 13.9 Å². The molecule has 1 amide bonds. The van der Waals surface area contributed by atoms with Crippen LogP contribution in [0.25, 0.3) is 0 Å². The average molecular weight is 283 g/mol. The summed E-state index contributed by atoms with van der Waals surface area (Å²) in [5.41, 5.74) is 6.45. The van der Waals surface area contributed by atoms with E-state index in [1.807, 2.05) is 13.8 Å². The third kappa shape index (κ3) is 4.29. The Morgan fingerprint density at radius 1 is 1.40 bits per heavy atom. The lowest BCUT2D eigenvalue weighted by atomic mass is 10.2. The van der Waals surface area contributed by atoms with Crippen LogP contribution in [0.5, 0.6) is 5.75 Å². The van der Waals surface area contributed by atoms with E-state index in [2.05, 4.69) is 10.6 Å². The molecule has 0 radical (unpaired) electrons. The van der Waals surface area contributed by atoms with Gasteiger partial charge in [-0.2, -0.15) is 0 Å². The van der Waals surface area contributed by atoms with Crippen LogP contribution in [-0.2, 0) is 4.79 Å². The zero-order chi connectivity index (χ0) is 15.3. The van der Waals surface area contributed by atoms with Gasteiger partial charge in [0.2, 0.25) is 5.91 Å². The second-order valence-electron chi connectivity index (χ2n) is 4.83. The Balaban J connectivity index is 2.86. The SMILES string of the molecule is CCOc1cc(NC(C)C(=O)NC(C)C)c(N)cc1F. The molecule has 0 aliphatic rings. The van der Waals surface area contributed by atoms with Crippen LogP contribution in [0, 0.1) is 5.82 Å². The smallest absolute Gasteiger partial charge is 0.242 e. The van der Waals surface area contributed by atoms with Gasteiger partial charge in [-0.25, -0.2) is 4.39 Å². The lowest BCUT2D eigenvalue weighted by Gasteiger charge is -2.19. The number of hydrogen-bond donors (Lipinski definition) is 3. The number of hydrogen-bond acceptors (Lipinski definition) is 4. The molecule has 112 valence electrons. The van der Waals surface area contributed by atoms with Crippen LogP contribution in [0.15, 0.2) is 12.1 Å². The van der Waals surface area contributed by atoms with E-state index in [0.29, 0.717) is 12.3 Å². The number of anilines is 2. The molecule has 1 atom stereocenters. The van der Waals surface area contributed by atoms with Gasteiger partial charge in [0.1, 0.15) is 6.04 Å². The van der Waals surface area contributed by atoms with E-state index in [0.717, 1.165) is 0 Å². The molecule has 0 aromatic heterocycles. The highest BCUT2D eigenvalue weighted by Gasteiger charge is 2.16. The first kappa shape index (κ1) is 16.1. The molecule has 0 fully saturated rings. The highest BCUT2D eigenvalue weighted by Crippen LogP contribution is 2.28. The fraction of sp³-hybridized carbons (Fsp3) is 0.500. The Morgan fingerprint density at radius 2 is 2.05 bits per heavy atom. The number of benzene rings is 1. The largest absolute Gasteiger partial charge is 0.491 e. The summed E-state index contributed by atoms with van der Waals surface area (Å²) < 4.78 is 18.7. The zero-order valence-electron chi connectivity index (χ0n) is 12.3. The maximum Gasteiger partial charge on any atom is 0.242 e. The van der Waals surface area contributed by atoms with E-state index in [1.54, 1.807) is 13.8 Å². The fourth-order valence-corrected chi connectivity index (χ4v) is 1.67. The lowest BCUT2D eigenvalue weighted by molar-refractivity contribution is -0.122. The minimum Gasteiger partial charge on any atom is -0.491 e. The quantitative estimate of drug-likeness (QED) is 0.699. The van der Waals surface area contributed by atoms with Crippen molar-refractivity contribution in [1.82, 2.24) is 5.32 Å². The molecule has 1 aromatic rings. The zero-order valence-corrected chi connectivity index (χ0v) is 12.3. The van der Waals surface area contributed by atoms with Gasteiger partial charge < -0.3 is 21.1 Å². The van der Waals surface area contributed by atoms with E-state index >= 15 is 0 Å². The number of ether oxygens (including phenoxy) is 1. The van der Waals surface area contributed by atoms with Crippen LogP contribution in [-0.4, -0.2) is 24.6 Å². The molecule has 6 heteroatoms. The normalized spacial score (nSPS) is 12.1. The van der Waals surface area contributed by atoms with Crippen molar-refractivity contribution in [2.24, 2.45) is 0 Å². The molecule has 1 aromatic carbocycles. The molecule has 20 heavy (non-hydrogen) atoms. The highest BCUT2D eigenvalue weighted by atomic mass is 19.1. The minimum absolute atomic E-state index is 0.0521. The summed E-state index contributed by atoms with van der Waals surface area (Å²) in [5, 5.41) is 5.74. The monoisotopic (exact) mass is 283 g/mol. The summed E-state index contributed by atoms with van der Waals surface area (Å²) in [6.45, 7) is 7.58. The molecule has 0 bridgehead atoms. The maximum atomic E-state index is 13.6. The Bertz CT molecular complexity index is 478. The topological polar surface area (TPSA) is 76.4 Å². The first-order chi connectivity index (χ1) is 9.35. The molecule has 0 aliphatic carbocycles. The number of nitrogen functional groups attached to an aromatic ring is 1. The third-order valence-electron chi connectivity index (χ3n) is 2.60. The van der Waals surface area contributed by atoms with Crippen molar-refractivity contribution in [1.29, 1.82) is 0 Å². The fourth-order valence-electron chi connectivity index (χ4n) is 1.67. The molecule has 0 aliphatic heterocycles. The molecule has 0 saturated carbocycles. The molecule has 1 rings (SSSR count). The Kier molecular flexibility index (Phi) is 5.61. The van der Waals surface area contributed by atoms with Crippen LogP contribution < -0.4 is 21.1 Å². The van der Waals surface area contributed by atoms with Gasteiger partial charge in [0.25, 0.3) is 0 Å². The average Bonchev–Trinajstić information content (AvgIpc) is 2.34. The summed E-state index contributed by atoms with van der Waals surface area (Å²) in [4.78, 5) is 11.8. The second kappa shape index (κ2) is 6.98. The van der Waals surface area contributed by atoms with Crippen molar-refractivity contribution in [3.05, 3.63) is 17.9 Å². The summed E-state index contributed by atoms with van der Waals surface area (Å²) in [5.74, 6) is -0.559.